The lowest BCUT2D eigenvalue weighted by Crippen LogP contribution is -2.45. The van der Waals surface area contributed by atoms with Crippen LogP contribution < -0.4 is 0 Å². The lowest BCUT2D eigenvalue weighted by molar-refractivity contribution is 1.17. The molecule has 0 unspecified atom stereocenters. The molecule has 0 N–H and O–H groups in total. The molecule has 0 aliphatic rings. The summed E-state index contributed by atoms with van der Waals surface area (Å²) >= 11 is 0. The molecule has 0 amide bonds. The lowest BCUT2D eigenvalue weighted by Gasteiger charge is -2.28. The van der Waals surface area contributed by atoms with Crippen LogP contribution in [0.3, 0.4) is 0 Å². The van der Waals surface area contributed by atoms with Crippen molar-refractivity contribution in [2.24, 2.45) is 0 Å². The summed E-state index contributed by atoms with van der Waals surface area (Å²) in [6.45, 7) is 0. The maximum absolute atomic E-state index is 2.30. The molecular formula is C21H24Si2. The van der Waals surface area contributed by atoms with Crippen molar-refractivity contribution in [3.8, 4) is 0 Å². The zero-order chi connectivity index (χ0) is 16.0. The molecule has 0 aliphatic carbocycles. The monoisotopic (exact) mass is 332 g/mol. The summed E-state index contributed by atoms with van der Waals surface area (Å²) in [7, 11) is -0.0212. The van der Waals surface area contributed by atoms with E-state index in [-0.39, 0.29) is 0 Å². The molecule has 23 heavy (non-hydrogen) atoms. The largest absolute Gasteiger partial charge is 0.0622 e. The molecule has 3 rings (SSSR count). The summed E-state index contributed by atoms with van der Waals surface area (Å²) in [5.41, 5.74) is 4.54. The number of hydrogen-bond donors (Lipinski definition) is 0. The Hall–Kier alpha value is -1.91. The van der Waals surface area contributed by atoms with E-state index in [1.807, 2.05) is 0 Å². The highest BCUT2D eigenvalue weighted by Gasteiger charge is 2.28. The van der Waals surface area contributed by atoms with Crippen molar-refractivity contribution in [2.45, 2.75) is 18.1 Å². The van der Waals surface area contributed by atoms with E-state index in [2.05, 4.69) is 91.0 Å². The van der Waals surface area contributed by atoms with Gasteiger partial charge in [-0.05, 0) is 18.1 Å². The first kappa shape index (κ1) is 16.0. The molecule has 0 fully saturated rings. The van der Waals surface area contributed by atoms with E-state index in [1.54, 1.807) is 0 Å². The summed E-state index contributed by atoms with van der Waals surface area (Å²) < 4.78 is 0. The fourth-order valence-electron chi connectivity index (χ4n) is 3.45. The van der Waals surface area contributed by atoms with Crippen molar-refractivity contribution in [2.75, 3.05) is 0 Å². The minimum Gasteiger partial charge on any atom is -0.0622 e. The van der Waals surface area contributed by atoms with Crippen LogP contribution in [0, 0.1) is 0 Å². The lowest BCUT2D eigenvalue weighted by atomic mass is 10.2. The number of rotatable bonds is 6. The molecule has 0 saturated carbocycles. The minimum atomic E-state index is -1.33. The van der Waals surface area contributed by atoms with Crippen LogP contribution in [0.4, 0.5) is 0 Å². The average molecular weight is 333 g/mol. The van der Waals surface area contributed by atoms with Crippen molar-refractivity contribution in [1.82, 2.24) is 0 Å². The van der Waals surface area contributed by atoms with Gasteiger partial charge >= 0.3 is 0 Å². The van der Waals surface area contributed by atoms with Crippen LogP contribution in [0.5, 0.6) is 0 Å². The van der Waals surface area contributed by atoms with Gasteiger partial charge in [0.15, 0.2) is 0 Å². The van der Waals surface area contributed by atoms with Crippen LogP contribution in [0.2, 0.25) is 0 Å². The van der Waals surface area contributed by atoms with Crippen LogP contribution >= 0.6 is 0 Å². The predicted octanol–water partition coefficient (Wildman–Crippen LogP) is 3.64. The van der Waals surface area contributed by atoms with Gasteiger partial charge in [-0.15, -0.1) is 0 Å². The molecule has 0 aromatic heterocycles. The average Bonchev–Trinajstić information content (AvgIpc) is 2.57. The third-order valence-electron chi connectivity index (χ3n) is 4.42. The van der Waals surface area contributed by atoms with Gasteiger partial charge in [0.2, 0.25) is 0 Å². The van der Waals surface area contributed by atoms with Crippen molar-refractivity contribution < 1.29 is 0 Å². The van der Waals surface area contributed by atoms with E-state index < -0.39 is 7.59 Å². The van der Waals surface area contributed by atoms with Gasteiger partial charge in [0.05, 0.1) is 0 Å². The Labute approximate surface area is 143 Å². The molecule has 0 radical (unpaired) electrons. The third kappa shape index (κ3) is 4.78. The molecule has 0 saturated heterocycles. The first-order chi connectivity index (χ1) is 11.2. The molecule has 0 atom stereocenters. The van der Waals surface area contributed by atoms with E-state index in [9.17, 15) is 0 Å². The van der Waals surface area contributed by atoms with Gasteiger partial charge in [0, 0.05) is 17.4 Å². The Morgan fingerprint density at radius 3 is 1.00 bits per heavy atom. The van der Waals surface area contributed by atoms with Crippen molar-refractivity contribution in [1.29, 1.82) is 0 Å². The molecule has 0 nitrogen and oxygen atoms in total. The van der Waals surface area contributed by atoms with Gasteiger partial charge in [-0.1, -0.05) is 108 Å². The van der Waals surface area contributed by atoms with E-state index in [0.29, 0.717) is 0 Å². The van der Waals surface area contributed by atoms with E-state index >= 15 is 0 Å². The first-order valence-corrected chi connectivity index (χ1v) is 14.5. The topological polar surface area (TPSA) is 0 Å². The zero-order valence-corrected chi connectivity index (χ0v) is 16.8. The Balaban J connectivity index is 1.85. The molecule has 3 aromatic rings. The van der Waals surface area contributed by atoms with Gasteiger partial charge in [-0.25, -0.2) is 0 Å². The summed E-state index contributed by atoms with van der Waals surface area (Å²) in [6, 6.07) is 37.1. The Kier molecular flexibility index (Phi) is 5.26. The summed E-state index contributed by atoms with van der Waals surface area (Å²) in [5, 5.41) is 0. The highest BCUT2D eigenvalue weighted by atomic mass is 29.2. The van der Waals surface area contributed by atoms with E-state index in [4.69, 9.17) is 0 Å². The zero-order valence-electron chi connectivity index (χ0n) is 13.8. The number of hydrogen-bond acceptors (Lipinski definition) is 0. The van der Waals surface area contributed by atoms with Crippen molar-refractivity contribution >= 4 is 17.4 Å². The van der Waals surface area contributed by atoms with Gasteiger partial charge in [0.1, 0.15) is 0 Å². The Morgan fingerprint density at radius 2 is 0.739 bits per heavy atom. The van der Waals surface area contributed by atoms with E-state index in [0.717, 1.165) is 0 Å². The summed E-state index contributed by atoms with van der Waals surface area (Å²) in [5.74, 6) is 0. The maximum atomic E-state index is 2.30. The van der Waals surface area contributed by atoms with Gasteiger partial charge in [-0.2, -0.15) is 0 Å². The smallest absolute Gasteiger partial charge is 0.0493 e. The molecule has 116 valence electrons. The molecule has 0 aliphatic heterocycles. The SMILES string of the molecule is [SiH3][Si](Cc1ccccc1)(Cc1ccccc1)Cc1ccccc1. The van der Waals surface area contributed by atoms with Crippen molar-refractivity contribution in [3.05, 3.63) is 108 Å². The third-order valence-corrected chi connectivity index (χ3v) is 11.4. The minimum absolute atomic E-state index is 1.30. The van der Waals surface area contributed by atoms with Crippen LogP contribution in [-0.4, -0.2) is 17.4 Å². The van der Waals surface area contributed by atoms with E-state index in [1.165, 1.54) is 44.6 Å². The fourth-order valence-corrected chi connectivity index (χ4v) is 11.2. The second kappa shape index (κ2) is 7.58. The summed E-state index contributed by atoms with van der Waals surface area (Å²) in [6.07, 6.45) is 0. The van der Waals surface area contributed by atoms with Gasteiger partial charge < -0.3 is 0 Å². The normalized spacial score (nSPS) is 11.5. The molecule has 2 heteroatoms. The van der Waals surface area contributed by atoms with Gasteiger partial charge in [-0.3, -0.25) is 0 Å². The first-order valence-electron chi connectivity index (χ1n) is 8.35. The molecular weight excluding hydrogens is 308 g/mol. The maximum Gasteiger partial charge on any atom is 0.0493 e. The molecule has 0 heterocycles. The molecule has 0 bridgehead atoms. The summed E-state index contributed by atoms with van der Waals surface area (Å²) in [4.78, 5) is 0. The number of benzene rings is 3. The van der Waals surface area contributed by atoms with Crippen LogP contribution in [-0.2, 0) is 18.1 Å². The fraction of sp³-hybridized carbons (Fsp3) is 0.143. The second-order valence-corrected chi connectivity index (χ2v) is 17.8. The highest BCUT2D eigenvalue weighted by molar-refractivity contribution is 7.16. The Bertz CT molecular complexity index is 607. The second-order valence-electron chi connectivity index (χ2n) is 6.80. The Morgan fingerprint density at radius 1 is 0.478 bits per heavy atom. The predicted molar refractivity (Wildman–Crippen MR) is 106 cm³/mol. The van der Waals surface area contributed by atoms with Crippen LogP contribution in [0.25, 0.3) is 0 Å². The quantitative estimate of drug-likeness (QED) is 0.605. The molecule has 0 spiro atoms. The van der Waals surface area contributed by atoms with Crippen LogP contribution in [0.15, 0.2) is 91.0 Å². The molecule has 3 aromatic carbocycles. The standard InChI is InChI=1S/C21H24Si2/c22-23(16-19-10-4-1-5-11-19,17-20-12-6-2-7-13-20)18-21-14-8-3-9-15-21/h1-15H,16-18H2,22H3. The van der Waals surface area contributed by atoms with Crippen molar-refractivity contribution in [3.63, 3.8) is 0 Å². The van der Waals surface area contributed by atoms with Gasteiger partial charge in [0.25, 0.3) is 0 Å². The highest BCUT2D eigenvalue weighted by Crippen LogP contribution is 2.19. The van der Waals surface area contributed by atoms with Crippen LogP contribution in [0.1, 0.15) is 16.7 Å².